The number of benzene rings is 2. The molecule has 144 valence electrons. The van der Waals surface area contributed by atoms with E-state index in [4.69, 9.17) is 44.6 Å². The lowest BCUT2D eigenvalue weighted by Crippen LogP contribution is -2.04. The molecule has 0 radical (unpaired) electrons. The van der Waals surface area contributed by atoms with Crippen molar-refractivity contribution in [3.8, 4) is 5.75 Å². The number of rotatable bonds is 9. The SMILES string of the molecule is O=C(O)CCc1cc(Cl)c(OCc2cc(Cl)cc(NCC3CC3)c2)c(Cl)c1. The van der Waals surface area contributed by atoms with Gasteiger partial charge in [-0.2, -0.15) is 0 Å². The summed E-state index contributed by atoms with van der Waals surface area (Å²) in [5, 5.41) is 13.5. The summed E-state index contributed by atoms with van der Waals surface area (Å²) >= 11 is 18.8. The molecule has 27 heavy (non-hydrogen) atoms. The van der Waals surface area contributed by atoms with Crippen LogP contribution in [0.5, 0.6) is 5.75 Å². The summed E-state index contributed by atoms with van der Waals surface area (Å²) in [4.78, 5) is 10.7. The fraction of sp³-hybridized carbons (Fsp3) is 0.350. The van der Waals surface area contributed by atoms with E-state index in [9.17, 15) is 4.79 Å². The maximum Gasteiger partial charge on any atom is 0.303 e. The highest BCUT2D eigenvalue weighted by molar-refractivity contribution is 6.37. The minimum atomic E-state index is -0.866. The molecule has 0 aliphatic heterocycles. The second-order valence-electron chi connectivity index (χ2n) is 6.74. The molecule has 3 rings (SSSR count). The van der Waals surface area contributed by atoms with Crippen molar-refractivity contribution in [3.63, 3.8) is 0 Å². The van der Waals surface area contributed by atoms with E-state index in [1.54, 1.807) is 12.1 Å². The quantitative estimate of drug-likeness (QED) is 0.509. The van der Waals surface area contributed by atoms with Crippen molar-refractivity contribution in [1.29, 1.82) is 0 Å². The Morgan fingerprint density at radius 3 is 2.41 bits per heavy atom. The van der Waals surface area contributed by atoms with Crippen LogP contribution in [0, 0.1) is 5.92 Å². The number of hydrogen-bond donors (Lipinski definition) is 2. The number of aryl methyl sites for hydroxylation is 1. The topological polar surface area (TPSA) is 58.6 Å². The predicted octanol–water partition coefficient (Wildman–Crippen LogP) is 6.06. The Labute approximate surface area is 173 Å². The van der Waals surface area contributed by atoms with Crippen LogP contribution >= 0.6 is 34.8 Å². The van der Waals surface area contributed by atoms with E-state index < -0.39 is 5.97 Å². The van der Waals surface area contributed by atoms with Gasteiger partial charge in [-0.15, -0.1) is 0 Å². The normalized spacial score (nSPS) is 13.4. The first-order valence-electron chi connectivity index (χ1n) is 8.76. The number of halogens is 3. The first-order chi connectivity index (χ1) is 12.9. The van der Waals surface area contributed by atoms with Crippen molar-refractivity contribution in [1.82, 2.24) is 0 Å². The fourth-order valence-corrected chi connectivity index (χ4v) is 3.62. The van der Waals surface area contributed by atoms with Gasteiger partial charge in [0.15, 0.2) is 5.75 Å². The molecule has 1 saturated carbocycles. The van der Waals surface area contributed by atoms with Gasteiger partial charge < -0.3 is 15.2 Å². The summed E-state index contributed by atoms with van der Waals surface area (Å²) < 4.78 is 5.82. The first kappa shape index (κ1) is 20.1. The standard InChI is InChI=1S/C20H20Cl3NO3/c21-15-5-14(6-16(9-15)24-10-12-1-2-12)11-27-20-17(22)7-13(8-18(20)23)3-4-19(25)26/h5-9,12,24H,1-4,10-11H2,(H,25,26). The summed E-state index contributed by atoms with van der Waals surface area (Å²) in [5.74, 6) is 0.278. The van der Waals surface area contributed by atoms with Crippen LogP contribution in [0.1, 0.15) is 30.4 Å². The van der Waals surface area contributed by atoms with Gasteiger partial charge in [-0.05, 0) is 66.6 Å². The van der Waals surface area contributed by atoms with Crippen molar-refractivity contribution in [2.24, 2.45) is 5.92 Å². The van der Waals surface area contributed by atoms with Crippen molar-refractivity contribution in [2.75, 3.05) is 11.9 Å². The van der Waals surface area contributed by atoms with Crippen LogP contribution in [0.3, 0.4) is 0 Å². The lowest BCUT2D eigenvalue weighted by molar-refractivity contribution is -0.136. The molecule has 4 nitrogen and oxygen atoms in total. The lowest BCUT2D eigenvalue weighted by atomic mass is 10.1. The van der Waals surface area contributed by atoms with Gasteiger partial charge in [-0.3, -0.25) is 4.79 Å². The van der Waals surface area contributed by atoms with Crippen LogP contribution in [-0.2, 0) is 17.8 Å². The number of anilines is 1. The highest BCUT2D eigenvalue weighted by atomic mass is 35.5. The van der Waals surface area contributed by atoms with Crippen LogP contribution in [0.15, 0.2) is 30.3 Å². The molecule has 0 aromatic heterocycles. The summed E-state index contributed by atoms with van der Waals surface area (Å²) in [5.41, 5.74) is 2.63. The molecule has 0 atom stereocenters. The van der Waals surface area contributed by atoms with Gasteiger partial charge in [0.05, 0.1) is 10.0 Å². The molecule has 1 aliphatic carbocycles. The van der Waals surface area contributed by atoms with Crippen molar-refractivity contribution in [2.45, 2.75) is 32.3 Å². The second kappa shape index (κ2) is 9.05. The molecule has 2 aromatic carbocycles. The Kier molecular flexibility index (Phi) is 6.74. The minimum Gasteiger partial charge on any atom is -0.486 e. The highest BCUT2D eigenvalue weighted by Crippen LogP contribution is 2.35. The molecule has 2 N–H and O–H groups in total. The summed E-state index contributed by atoms with van der Waals surface area (Å²) in [6.07, 6.45) is 2.94. The van der Waals surface area contributed by atoms with Crippen LogP contribution in [0.4, 0.5) is 5.69 Å². The number of carboxylic acid groups (broad SMARTS) is 1. The molecule has 0 heterocycles. The second-order valence-corrected chi connectivity index (χ2v) is 7.99. The Hall–Kier alpha value is -1.62. The van der Waals surface area contributed by atoms with Crippen LogP contribution < -0.4 is 10.1 Å². The van der Waals surface area contributed by atoms with Gasteiger partial charge in [0.1, 0.15) is 6.61 Å². The number of ether oxygens (including phenoxy) is 1. The number of carboxylic acids is 1. The van der Waals surface area contributed by atoms with E-state index in [-0.39, 0.29) is 13.0 Å². The van der Waals surface area contributed by atoms with Gasteiger partial charge in [-0.1, -0.05) is 34.8 Å². The van der Waals surface area contributed by atoms with Crippen LogP contribution in [-0.4, -0.2) is 17.6 Å². The Morgan fingerprint density at radius 1 is 1.07 bits per heavy atom. The molecule has 2 aromatic rings. The number of hydrogen-bond acceptors (Lipinski definition) is 3. The van der Waals surface area contributed by atoms with Crippen LogP contribution in [0.25, 0.3) is 0 Å². The zero-order valence-electron chi connectivity index (χ0n) is 14.6. The van der Waals surface area contributed by atoms with E-state index >= 15 is 0 Å². The third-order valence-electron chi connectivity index (χ3n) is 4.32. The highest BCUT2D eigenvalue weighted by Gasteiger charge is 2.20. The van der Waals surface area contributed by atoms with E-state index in [0.29, 0.717) is 27.2 Å². The van der Waals surface area contributed by atoms with Crippen LogP contribution in [0.2, 0.25) is 15.1 Å². The van der Waals surface area contributed by atoms with E-state index in [2.05, 4.69) is 5.32 Å². The van der Waals surface area contributed by atoms with Crippen molar-refractivity contribution < 1.29 is 14.6 Å². The summed E-state index contributed by atoms with van der Waals surface area (Å²) in [6.45, 7) is 1.22. The Morgan fingerprint density at radius 2 is 1.78 bits per heavy atom. The van der Waals surface area contributed by atoms with Crippen molar-refractivity contribution in [3.05, 3.63) is 56.5 Å². The van der Waals surface area contributed by atoms with E-state index in [1.165, 1.54) is 12.8 Å². The smallest absolute Gasteiger partial charge is 0.303 e. The van der Waals surface area contributed by atoms with Gasteiger partial charge in [-0.25, -0.2) is 0 Å². The zero-order chi connectivity index (χ0) is 19.4. The molecule has 0 amide bonds. The maximum atomic E-state index is 10.7. The van der Waals surface area contributed by atoms with Gasteiger partial charge in [0.2, 0.25) is 0 Å². The molecular formula is C20H20Cl3NO3. The minimum absolute atomic E-state index is 0.0199. The zero-order valence-corrected chi connectivity index (χ0v) is 16.9. The Balaban J connectivity index is 1.66. The third kappa shape index (κ3) is 6.20. The number of nitrogens with one attached hydrogen (secondary N) is 1. The number of aliphatic carboxylic acids is 1. The van der Waals surface area contributed by atoms with Gasteiger partial charge in [0.25, 0.3) is 0 Å². The van der Waals surface area contributed by atoms with E-state index in [1.807, 2.05) is 18.2 Å². The Bertz CT molecular complexity index is 814. The number of carbonyl (C=O) groups is 1. The molecule has 0 saturated heterocycles. The summed E-state index contributed by atoms with van der Waals surface area (Å²) in [7, 11) is 0. The van der Waals surface area contributed by atoms with Gasteiger partial charge >= 0.3 is 5.97 Å². The first-order valence-corrected chi connectivity index (χ1v) is 9.90. The monoisotopic (exact) mass is 427 g/mol. The molecule has 7 heteroatoms. The predicted molar refractivity (Wildman–Crippen MR) is 109 cm³/mol. The van der Waals surface area contributed by atoms with Crippen molar-refractivity contribution >= 4 is 46.5 Å². The lowest BCUT2D eigenvalue weighted by Gasteiger charge is -2.13. The molecule has 0 bridgehead atoms. The molecular weight excluding hydrogens is 409 g/mol. The summed E-state index contributed by atoms with van der Waals surface area (Å²) in [6, 6.07) is 9.10. The van der Waals surface area contributed by atoms with Gasteiger partial charge in [0, 0.05) is 23.7 Å². The third-order valence-corrected chi connectivity index (χ3v) is 5.10. The fourth-order valence-electron chi connectivity index (χ4n) is 2.72. The molecule has 1 aliphatic rings. The maximum absolute atomic E-state index is 10.7. The largest absolute Gasteiger partial charge is 0.486 e. The molecule has 1 fully saturated rings. The molecule has 0 unspecified atom stereocenters. The average Bonchev–Trinajstić information content (AvgIpc) is 3.41. The molecule has 0 spiro atoms. The average molecular weight is 429 g/mol. The van der Waals surface area contributed by atoms with E-state index in [0.717, 1.165) is 29.3 Å².